The lowest BCUT2D eigenvalue weighted by atomic mass is 9.83. The quantitative estimate of drug-likeness (QED) is 0.327. The minimum atomic E-state index is -1.89. The predicted molar refractivity (Wildman–Crippen MR) is 137 cm³/mol. The second-order valence-electron chi connectivity index (χ2n) is 8.18. The van der Waals surface area contributed by atoms with Crippen molar-refractivity contribution in [2.45, 2.75) is 18.6 Å². The fraction of sp³-hybridized carbons (Fsp3) is 0.103. The summed E-state index contributed by atoms with van der Waals surface area (Å²) in [5.74, 6) is -0.616. The molecule has 0 aliphatic rings. The highest BCUT2D eigenvalue weighted by Gasteiger charge is 2.39. The van der Waals surface area contributed by atoms with Gasteiger partial charge in [-0.2, -0.15) is 5.26 Å². The molecule has 174 valence electrons. The maximum atomic E-state index is 13.5. The largest absolute Gasteiger partial charge is 0.392 e. The van der Waals surface area contributed by atoms with Gasteiger partial charge in [0.1, 0.15) is 6.07 Å². The van der Waals surface area contributed by atoms with Gasteiger partial charge in [-0.05, 0) is 46.0 Å². The number of benzene rings is 4. The summed E-state index contributed by atoms with van der Waals surface area (Å²) in [5.41, 5.74) is 2.60. The Hall–Kier alpha value is -3.95. The monoisotopic (exact) mass is 482 g/mol. The molecule has 0 aromatic heterocycles. The minimum absolute atomic E-state index is 0.0186. The Morgan fingerprint density at radius 1 is 0.943 bits per heavy atom. The smallest absolute Gasteiger partial charge is 0.261 e. The number of aliphatic hydroxyl groups is 2. The molecule has 0 heterocycles. The van der Waals surface area contributed by atoms with Gasteiger partial charge in [-0.3, -0.25) is 4.79 Å². The molecule has 3 N–H and O–H groups in total. The topological polar surface area (TPSA) is 93.4 Å². The first-order chi connectivity index (χ1) is 16.9. The Bertz CT molecular complexity index is 1380. The van der Waals surface area contributed by atoms with Crippen LogP contribution in [0.3, 0.4) is 0 Å². The van der Waals surface area contributed by atoms with E-state index >= 15 is 0 Å². The lowest BCUT2D eigenvalue weighted by Gasteiger charge is -2.29. The Morgan fingerprint density at radius 2 is 1.63 bits per heavy atom. The molecule has 0 aliphatic heterocycles. The second kappa shape index (κ2) is 10.5. The van der Waals surface area contributed by atoms with E-state index in [4.69, 9.17) is 16.9 Å². The molecule has 1 amide bonds. The van der Waals surface area contributed by atoms with E-state index in [1.165, 1.54) is 12.1 Å². The molecule has 0 bridgehead atoms. The number of nitriles is 1. The van der Waals surface area contributed by atoms with Crippen LogP contribution in [0.25, 0.3) is 11.1 Å². The third kappa shape index (κ3) is 5.26. The zero-order valence-electron chi connectivity index (χ0n) is 18.8. The third-order valence-corrected chi connectivity index (χ3v) is 6.20. The van der Waals surface area contributed by atoms with Gasteiger partial charge in [0.25, 0.3) is 5.91 Å². The Kier molecular flexibility index (Phi) is 7.28. The summed E-state index contributed by atoms with van der Waals surface area (Å²) in [6.07, 6.45) is 0.0186. The molecule has 0 aliphatic carbocycles. The molecule has 0 fully saturated rings. The lowest BCUT2D eigenvalue weighted by molar-refractivity contribution is -0.135. The highest BCUT2D eigenvalue weighted by molar-refractivity contribution is 6.32. The summed E-state index contributed by atoms with van der Waals surface area (Å²) in [5, 5.41) is 33.3. The van der Waals surface area contributed by atoms with Crippen molar-refractivity contribution < 1.29 is 15.0 Å². The fourth-order valence-corrected chi connectivity index (χ4v) is 4.19. The van der Waals surface area contributed by atoms with Gasteiger partial charge < -0.3 is 15.5 Å². The summed E-state index contributed by atoms with van der Waals surface area (Å²) in [6, 6.07) is 30.4. The molecule has 1 unspecified atom stereocenters. The molecule has 0 saturated carbocycles. The van der Waals surface area contributed by atoms with E-state index < -0.39 is 11.5 Å². The number of amides is 1. The highest BCUT2D eigenvalue weighted by atomic mass is 35.5. The number of anilines is 1. The second-order valence-corrected chi connectivity index (χ2v) is 8.58. The number of rotatable bonds is 7. The summed E-state index contributed by atoms with van der Waals surface area (Å²) in [4.78, 5) is 13.5. The van der Waals surface area contributed by atoms with Crippen molar-refractivity contribution >= 4 is 23.2 Å². The normalized spacial score (nSPS) is 12.4. The van der Waals surface area contributed by atoms with Crippen LogP contribution in [0, 0.1) is 11.3 Å². The zero-order valence-corrected chi connectivity index (χ0v) is 19.5. The van der Waals surface area contributed by atoms with Crippen molar-refractivity contribution in [3.8, 4) is 17.2 Å². The molecular formula is C29H23ClN2O3. The van der Waals surface area contributed by atoms with Crippen LogP contribution >= 0.6 is 11.6 Å². The first-order valence-electron chi connectivity index (χ1n) is 11.0. The van der Waals surface area contributed by atoms with E-state index in [9.17, 15) is 15.0 Å². The Morgan fingerprint density at radius 3 is 2.29 bits per heavy atom. The van der Waals surface area contributed by atoms with Gasteiger partial charge in [0, 0.05) is 12.1 Å². The van der Waals surface area contributed by atoms with Gasteiger partial charge in [0.15, 0.2) is 5.60 Å². The number of carbonyl (C=O) groups excluding carboxylic acids is 1. The average Bonchev–Trinajstić information content (AvgIpc) is 2.89. The first kappa shape index (κ1) is 24.2. The van der Waals surface area contributed by atoms with Gasteiger partial charge >= 0.3 is 0 Å². The fourth-order valence-electron chi connectivity index (χ4n) is 3.97. The summed E-state index contributed by atoms with van der Waals surface area (Å²) >= 11 is 6.13. The number of carbonyl (C=O) groups is 1. The van der Waals surface area contributed by atoms with Crippen molar-refractivity contribution in [2.24, 2.45) is 0 Å². The van der Waals surface area contributed by atoms with Crippen molar-refractivity contribution in [1.29, 1.82) is 5.26 Å². The molecule has 4 aromatic rings. The van der Waals surface area contributed by atoms with Crippen LogP contribution in [0.1, 0.15) is 22.3 Å². The minimum Gasteiger partial charge on any atom is -0.392 e. The first-order valence-corrected chi connectivity index (χ1v) is 11.4. The van der Waals surface area contributed by atoms with Crippen molar-refractivity contribution in [2.75, 3.05) is 5.32 Å². The van der Waals surface area contributed by atoms with Crippen molar-refractivity contribution in [1.82, 2.24) is 0 Å². The Labute approximate surface area is 208 Å². The van der Waals surface area contributed by atoms with E-state index in [2.05, 4.69) is 5.32 Å². The maximum absolute atomic E-state index is 13.5. The summed E-state index contributed by atoms with van der Waals surface area (Å²) in [6.45, 7) is -0.0464. The maximum Gasteiger partial charge on any atom is 0.261 e. The number of aliphatic hydroxyl groups excluding tert-OH is 1. The van der Waals surface area contributed by atoms with Crippen LogP contribution in [0.15, 0.2) is 97.1 Å². The van der Waals surface area contributed by atoms with Crippen molar-refractivity contribution in [3.05, 3.63) is 124 Å². The van der Waals surface area contributed by atoms with E-state index in [-0.39, 0.29) is 18.1 Å². The molecular weight excluding hydrogens is 460 g/mol. The summed E-state index contributed by atoms with van der Waals surface area (Å²) in [7, 11) is 0. The molecule has 4 rings (SSSR count). The van der Waals surface area contributed by atoms with E-state index in [0.29, 0.717) is 16.8 Å². The van der Waals surface area contributed by atoms with Crippen LogP contribution in [0.2, 0.25) is 5.02 Å². The van der Waals surface area contributed by atoms with Crippen molar-refractivity contribution in [3.63, 3.8) is 0 Å². The molecule has 0 saturated heterocycles. The Balaban J connectivity index is 1.72. The lowest BCUT2D eigenvalue weighted by Crippen LogP contribution is -2.42. The molecule has 35 heavy (non-hydrogen) atoms. The van der Waals surface area contributed by atoms with Gasteiger partial charge in [-0.1, -0.05) is 90.5 Å². The van der Waals surface area contributed by atoms with Gasteiger partial charge in [0.05, 0.1) is 17.2 Å². The van der Waals surface area contributed by atoms with Crippen LogP contribution < -0.4 is 5.32 Å². The van der Waals surface area contributed by atoms with Gasteiger partial charge in [0.2, 0.25) is 0 Å². The molecule has 0 spiro atoms. The van der Waals surface area contributed by atoms with Crippen LogP contribution in [0.4, 0.5) is 5.69 Å². The van der Waals surface area contributed by atoms with E-state index in [1.54, 1.807) is 30.3 Å². The molecule has 5 nitrogen and oxygen atoms in total. The van der Waals surface area contributed by atoms with E-state index in [0.717, 1.165) is 22.3 Å². The number of hydrogen-bond acceptors (Lipinski definition) is 4. The number of nitrogens with one attached hydrogen (secondary N) is 1. The summed E-state index contributed by atoms with van der Waals surface area (Å²) < 4.78 is 0. The number of halogens is 1. The van der Waals surface area contributed by atoms with Crippen LogP contribution in [-0.2, 0) is 23.4 Å². The highest BCUT2D eigenvalue weighted by Crippen LogP contribution is 2.33. The standard InChI is InChI=1S/C29H23ClN2O3/c30-27-16-25(15-14-23(27)18-31)32-28(34)29(35,24-7-2-1-3-8-24)17-22-6-4-5-9-26(22)21-12-10-20(19-33)11-13-21/h1-16,33,35H,17,19H2,(H,32,34). The zero-order chi connectivity index (χ0) is 24.8. The molecule has 1 atom stereocenters. The number of nitrogens with zero attached hydrogens (tertiary/aromatic N) is 1. The third-order valence-electron chi connectivity index (χ3n) is 5.89. The SMILES string of the molecule is N#Cc1ccc(NC(=O)C(O)(Cc2ccccc2-c2ccc(CO)cc2)c2ccccc2)cc1Cl. The molecule has 4 aromatic carbocycles. The average molecular weight is 483 g/mol. The van der Waals surface area contributed by atoms with Gasteiger partial charge in [-0.15, -0.1) is 0 Å². The van der Waals surface area contributed by atoms with Crippen LogP contribution in [0.5, 0.6) is 0 Å². The van der Waals surface area contributed by atoms with Gasteiger partial charge in [-0.25, -0.2) is 0 Å². The van der Waals surface area contributed by atoms with E-state index in [1.807, 2.05) is 60.7 Å². The molecule has 0 radical (unpaired) electrons. The number of hydrogen-bond donors (Lipinski definition) is 3. The predicted octanol–water partition coefficient (Wildman–Crippen LogP) is 5.44. The molecule has 6 heteroatoms. The van der Waals surface area contributed by atoms with Crippen LogP contribution in [-0.4, -0.2) is 16.1 Å².